The monoisotopic (exact) mass is 273 g/mol. The van der Waals surface area contributed by atoms with Gasteiger partial charge in [0.15, 0.2) is 5.82 Å². The van der Waals surface area contributed by atoms with Gasteiger partial charge in [-0.05, 0) is 41.0 Å². The molecular formula is C13H15N5O2. The fourth-order valence-corrected chi connectivity index (χ4v) is 2.49. The van der Waals surface area contributed by atoms with Crippen LogP contribution < -0.4 is 0 Å². The topological polar surface area (TPSA) is 93.8 Å². The number of carbonyl (C=O) groups is 1. The molecule has 1 N–H and O–H groups in total. The van der Waals surface area contributed by atoms with Crippen molar-refractivity contribution in [3.8, 4) is 0 Å². The summed E-state index contributed by atoms with van der Waals surface area (Å²) in [7, 11) is 0. The van der Waals surface area contributed by atoms with Gasteiger partial charge in [0.25, 0.3) is 0 Å². The number of aliphatic carboxylic acids is 1. The quantitative estimate of drug-likeness (QED) is 0.870. The second kappa shape index (κ2) is 4.99. The highest BCUT2D eigenvalue weighted by Crippen LogP contribution is 2.42. The summed E-state index contributed by atoms with van der Waals surface area (Å²) in [4.78, 5) is 15.4. The van der Waals surface area contributed by atoms with Crippen molar-refractivity contribution in [1.82, 2.24) is 25.2 Å². The summed E-state index contributed by atoms with van der Waals surface area (Å²) in [5.41, 5.74) is 0.358. The number of rotatable bonds is 5. The normalized spacial score (nSPS) is 16.6. The second-order valence-corrected chi connectivity index (χ2v) is 5.22. The smallest absolute Gasteiger partial charge is 0.311 e. The molecule has 0 radical (unpaired) electrons. The summed E-state index contributed by atoms with van der Waals surface area (Å²) in [5.74, 6) is -0.0714. The van der Waals surface area contributed by atoms with Crippen molar-refractivity contribution in [2.45, 2.75) is 32.2 Å². The summed E-state index contributed by atoms with van der Waals surface area (Å²) in [5, 5.41) is 21.0. The zero-order valence-corrected chi connectivity index (χ0v) is 10.9. The van der Waals surface area contributed by atoms with Gasteiger partial charge >= 0.3 is 5.97 Å². The predicted molar refractivity (Wildman–Crippen MR) is 68.8 cm³/mol. The third-order valence-corrected chi connectivity index (χ3v) is 3.93. The van der Waals surface area contributed by atoms with Crippen molar-refractivity contribution in [3.63, 3.8) is 0 Å². The first kappa shape index (κ1) is 12.7. The minimum Gasteiger partial charge on any atom is -0.481 e. The molecule has 1 aliphatic rings. The number of carboxylic acid groups (broad SMARTS) is 1. The van der Waals surface area contributed by atoms with Gasteiger partial charge in [0.1, 0.15) is 0 Å². The lowest BCUT2D eigenvalue weighted by atomic mass is 9.69. The molecule has 2 aromatic rings. The van der Waals surface area contributed by atoms with E-state index in [0.717, 1.165) is 12.0 Å². The zero-order valence-electron chi connectivity index (χ0n) is 10.9. The Morgan fingerprint density at radius 1 is 1.35 bits per heavy atom. The molecule has 1 fully saturated rings. The Morgan fingerprint density at radius 3 is 2.70 bits per heavy atom. The molecule has 1 saturated carbocycles. The standard InChI is InChI=1S/C13H15N5O2/c19-12(20)13(4-1-5-13)9-18-11(15-16-17-18)8-10-2-6-14-7-3-10/h2-3,6-7H,1,4-5,8-9H2,(H,19,20). The third kappa shape index (κ3) is 2.26. The Kier molecular flexibility index (Phi) is 3.17. The summed E-state index contributed by atoms with van der Waals surface area (Å²) in [6.07, 6.45) is 6.34. The fourth-order valence-electron chi connectivity index (χ4n) is 2.49. The maximum absolute atomic E-state index is 11.4. The Bertz CT molecular complexity index is 606. The van der Waals surface area contributed by atoms with Crippen LogP contribution in [0.15, 0.2) is 24.5 Å². The van der Waals surface area contributed by atoms with E-state index in [2.05, 4.69) is 20.5 Å². The molecule has 3 rings (SSSR count). The van der Waals surface area contributed by atoms with Crippen LogP contribution in [0.5, 0.6) is 0 Å². The molecule has 0 amide bonds. The van der Waals surface area contributed by atoms with Crippen molar-refractivity contribution in [1.29, 1.82) is 0 Å². The van der Waals surface area contributed by atoms with Crippen LogP contribution in [0.3, 0.4) is 0 Å². The van der Waals surface area contributed by atoms with Crippen LogP contribution in [0.25, 0.3) is 0 Å². The SMILES string of the molecule is O=C(O)C1(Cn2nnnc2Cc2ccncc2)CCC1. The van der Waals surface area contributed by atoms with Crippen molar-refractivity contribution in [3.05, 3.63) is 35.9 Å². The largest absolute Gasteiger partial charge is 0.481 e. The number of hydrogen-bond acceptors (Lipinski definition) is 5. The van der Waals surface area contributed by atoms with E-state index in [1.165, 1.54) is 0 Å². The molecule has 104 valence electrons. The summed E-state index contributed by atoms with van der Waals surface area (Å²) >= 11 is 0. The first-order valence-corrected chi connectivity index (χ1v) is 6.57. The van der Waals surface area contributed by atoms with Crippen molar-refractivity contribution >= 4 is 5.97 Å². The van der Waals surface area contributed by atoms with Crippen LogP contribution in [-0.4, -0.2) is 36.3 Å². The molecule has 0 bridgehead atoms. The first-order valence-electron chi connectivity index (χ1n) is 6.57. The molecule has 0 aromatic carbocycles. The maximum atomic E-state index is 11.4. The van der Waals surface area contributed by atoms with Crippen LogP contribution in [0.2, 0.25) is 0 Å². The Balaban J connectivity index is 1.79. The number of tetrazole rings is 1. The first-order chi connectivity index (χ1) is 9.70. The minimum atomic E-state index is -0.755. The van der Waals surface area contributed by atoms with Gasteiger partial charge in [0.05, 0.1) is 12.0 Å². The predicted octanol–water partition coefficient (Wildman–Crippen LogP) is 0.914. The summed E-state index contributed by atoms with van der Waals surface area (Å²) in [6, 6.07) is 3.80. The zero-order chi connectivity index (χ0) is 14.0. The van der Waals surface area contributed by atoms with Crippen LogP contribution in [0.1, 0.15) is 30.7 Å². The number of aromatic nitrogens is 5. The van der Waals surface area contributed by atoms with E-state index < -0.39 is 11.4 Å². The fraction of sp³-hybridized carbons (Fsp3) is 0.462. The van der Waals surface area contributed by atoms with E-state index in [1.54, 1.807) is 17.1 Å². The lowest BCUT2D eigenvalue weighted by molar-refractivity contribution is -0.156. The molecule has 0 spiro atoms. The Hall–Kier alpha value is -2.31. The Morgan fingerprint density at radius 2 is 2.10 bits per heavy atom. The lowest BCUT2D eigenvalue weighted by Crippen LogP contribution is -2.42. The van der Waals surface area contributed by atoms with Crippen molar-refractivity contribution in [2.24, 2.45) is 5.41 Å². The molecule has 2 heterocycles. The van der Waals surface area contributed by atoms with E-state index in [1.807, 2.05) is 12.1 Å². The third-order valence-electron chi connectivity index (χ3n) is 3.93. The molecule has 7 nitrogen and oxygen atoms in total. The van der Waals surface area contributed by atoms with Crippen molar-refractivity contribution in [2.75, 3.05) is 0 Å². The average Bonchev–Trinajstić information content (AvgIpc) is 2.82. The number of nitrogens with zero attached hydrogens (tertiary/aromatic N) is 5. The van der Waals surface area contributed by atoms with Gasteiger partial charge in [-0.25, -0.2) is 4.68 Å². The lowest BCUT2D eigenvalue weighted by Gasteiger charge is -2.37. The molecule has 1 aliphatic carbocycles. The van der Waals surface area contributed by atoms with E-state index in [4.69, 9.17) is 0 Å². The van der Waals surface area contributed by atoms with Gasteiger partial charge in [-0.2, -0.15) is 0 Å². The summed E-state index contributed by atoms with van der Waals surface area (Å²) in [6.45, 7) is 0.343. The molecule has 0 saturated heterocycles. The number of hydrogen-bond donors (Lipinski definition) is 1. The van der Waals surface area contributed by atoms with Gasteiger partial charge < -0.3 is 5.11 Å². The average molecular weight is 273 g/mol. The van der Waals surface area contributed by atoms with Crippen LogP contribution in [-0.2, 0) is 17.8 Å². The minimum absolute atomic E-state index is 0.343. The molecule has 0 unspecified atom stereocenters. The molecular weight excluding hydrogens is 258 g/mol. The highest BCUT2D eigenvalue weighted by molar-refractivity contribution is 5.75. The van der Waals surface area contributed by atoms with Gasteiger partial charge in [-0.1, -0.05) is 6.42 Å². The highest BCUT2D eigenvalue weighted by atomic mass is 16.4. The van der Waals surface area contributed by atoms with Crippen LogP contribution in [0, 0.1) is 5.41 Å². The molecule has 0 aliphatic heterocycles. The summed E-state index contributed by atoms with van der Waals surface area (Å²) < 4.78 is 1.62. The molecule has 0 atom stereocenters. The van der Waals surface area contributed by atoms with Crippen molar-refractivity contribution < 1.29 is 9.90 Å². The highest BCUT2D eigenvalue weighted by Gasteiger charge is 2.45. The van der Waals surface area contributed by atoms with Crippen LogP contribution in [0.4, 0.5) is 0 Å². The molecule has 2 aromatic heterocycles. The Labute approximate surface area is 115 Å². The molecule has 7 heteroatoms. The van der Waals surface area contributed by atoms with E-state index in [0.29, 0.717) is 31.6 Å². The number of carboxylic acids is 1. The second-order valence-electron chi connectivity index (χ2n) is 5.22. The van der Waals surface area contributed by atoms with E-state index in [-0.39, 0.29) is 0 Å². The van der Waals surface area contributed by atoms with Crippen LogP contribution >= 0.6 is 0 Å². The molecule has 20 heavy (non-hydrogen) atoms. The van der Waals surface area contributed by atoms with E-state index in [9.17, 15) is 9.90 Å². The van der Waals surface area contributed by atoms with Gasteiger partial charge in [-0.3, -0.25) is 9.78 Å². The van der Waals surface area contributed by atoms with Gasteiger partial charge in [-0.15, -0.1) is 5.10 Å². The number of pyridine rings is 1. The van der Waals surface area contributed by atoms with Gasteiger partial charge in [0.2, 0.25) is 0 Å². The van der Waals surface area contributed by atoms with Gasteiger partial charge in [0, 0.05) is 18.8 Å². The maximum Gasteiger partial charge on any atom is 0.311 e. The van der Waals surface area contributed by atoms with E-state index >= 15 is 0 Å².